The summed E-state index contributed by atoms with van der Waals surface area (Å²) in [6.07, 6.45) is 0. The van der Waals surface area contributed by atoms with Crippen molar-refractivity contribution in [1.82, 2.24) is 15.4 Å². The zero-order valence-corrected chi connectivity index (χ0v) is 7.39. The summed E-state index contributed by atoms with van der Waals surface area (Å²) >= 11 is 5.63. The van der Waals surface area contributed by atoms with E-state index in [1.54, 1.807) is 6.07 Å². The second-order valence-electron chi connectivity index (χ2n) is 2.09. The third-order valence-corrected chi connectivity index (χ3v) is 1.30. The highest BCUT2D eigenvalue weighted by atomic mass is 35.5. The highest BCUT2D eigenvalue weighted by Gasteiger charge is 1.97. The maximum atomic E-state index is 5.63. The fourth-order valence-corrected chi connectivity index (χ4v) is 0.868. The molecule has 0 saturated heterocycles. The fraction of sp³-hybridized carbons (Fsp3) is 0.333. The molecule has 0 aliphatic rings. The summed E-state index contributed by atoms with van der Waals surface area (Å²) in [6, 6.07) is 1.58. The number of hydrazine groups is 1. The van der Waals surface area contributed by atoms with Gasteiger partial charge in [0.05, 0.1) is 0 Å². The zero-order valence-electron chi connectivity index (χ0n) is 6.63. The first-order valence-electron chi connectivity index (χ1n) is 3.51. The van der Waals surface area contributed by atoms with E-state index in [4.69, 9.17) is 17.3 Å². The smallest absolute Gasteiger partial charge is 0.223 e. The van der Waals surface area contributed by atoms with Gasteiger partial charge in [0.15, 0.2) is 0 Å². The molecule has 1 rings (SSSR count). The van der Waals surface area contributed by atoms with Gasteiger partial charge in [-0.15, -0.1) is 0 Å². The third-order valence-electron chi connectivity index (χ3n) is 1.11. The van der Waals surface area contributed by atoms with Crippen molar-refractivity contribution < 1.29 is 0 Å². The van der Waals surface area contributed by atoms with Gasteiger partial charge in [-0.2, -0.15) is 4.98 Å². The highest BCUT2D eigenvalue weighted by Crippen LogP contribution is 2.10. The molecular formula is C6H10ClN5. The van der Waals surface area contributed by atoms with Gasteiger partial charge in [-0.25, -0.2) is 10.4 Å². The van der Waals surface area contributed by atoms with Crippen molar-refractivity contribution in [2.24, 2.45) is 0 Å². The summed E-state index contributed by atoms with van der Waals surface area (Å²) in [7, 11) is 0. The molecule has 0 aliphatic carbocycles. The van der Waals surface area contributed by atoms with Crippen LogP contribution in [0.2, 0.25) is 5.15 Å². The Hall–Kier alpha value is -1.07. The van der Waals surface area contributed by atoms with Crippen LogP contribution in [0.15, 0.2) is 6.07 Å². The summed E-state index contributed by atoms with van der Waals surface area (Å²) in [5.74, 6) is 0.720. The minimum atomic E-state index is 0.155. The van der Waals surface area contributed by atoms with Gasteiger partial charge in [0, 0.05) is 12.6 Å². The van der Waals surface area contributed by atoms with Crippen LogP contribution in [0.3, 0.4) is 0 Å². The predicted molar refractivity (Wildman–Crippen MR) is 48.8 cm³/mol. The Balaban J connectivity index is 2.72. The van der Waals surface area contributed by atoms with Crippen LogP contribution in [-0.2, 0) is 0 Å². The van der Waals surface area contributed by atoms with Gasteiger partial charge in [-0.05, 0) is 0 Å². The SMILES string of the molecule is CCNNc1cc(Cl)nc(N)n1. The fourth-order valence-electron chi connectivity index (χ4n) is 0.678. The van der Waals surface area contributed by atoms with Crippen LogP contribution in [0, 0.1) is 0 Å². The molecule has 0 aliphatic heterocycles. The first kappa shape index (κ1) is 9.02. The van der Waals surface area contributed by atoms with Gasteiger partial charge in [-0.1, -0.05) is 18.5 Å². The molecule has 5 nitrogen and oxygen atoms in total. The molecule has 0 bridgehead atoms. The molecule has 4 N–H and O–H groups in total. The molecule has 0 spiro atoms. The van der Waals surface area contributed by atoms with Crippen LogP contribution in [0.5, 0.6) is 0 Å². The van der Waals surface area contributed by atoms with Gasteiger partial charge in [-0.3, -0.25) is 0 Å². The van der Waals surface area contributed by atoms with E-state index in [0.717, 1.165) is 6.54 Å². The number of aromatic nitrogens is 2. The minimum absolute atomic E-state index is 0.155. The molecule has 1 aromatic heterocycles. The van der Waals surface area contributed by atoms with E-state index in [1.807, 2.05) is 6.92 Å². The van der Waals surface area contributed by atoms with Crippen molar-refractivity contribution in [3.63, 3.8) is 0 Å². The quantitative estimate of drug-likeness (QED) is 0.479. The Morgan fingerprint density at radius 2 is 2.33 bits per heavy atom. The first-order chi connectivity index (χ1) is 5.72. The van der Waals surface area contributed by atoms with Gasteiger partial charge in [0.25, 0.3) is 0 Å². The normalized spacial score (nSPS) is 9.83. The van der Waals surface area contributed by atoms with E-state index in [9.17, 15) is 0 Å². The first-order valence-corrected chi connectivity index (χ1v) is 3.89. The van der Waals surface area contributed by atoms with E-state index < -0.39 is 0 Å². The number of hydrogen-bond acceptors (Lipinski definition) is 5. The lowest BCUT2D eigenvalue weighted by Gasteiger charge is -2.05. The molecule has 1 aromatic rings. The van der Waals surface area contributed by atoms with Crippen LogP contribution < -0.4 is 16.6 Å². The Morgan fingerprint density at radius 3 is 2.92 bits per heavy atom. The average molecular weight is 188 g/mol. The van der Waals surface area contributed by atoms with Crippen LogP contribution in [0.1, 0.15) is 6.92 Å². The van der Waals surface area contributed by atoms with E-state index in [-0.39, 0.29) is 5.95 Å². The molecule has 0 radical (unpaired) electrons. The van der Waals surface area contributed by atoms with Gasteiger partial charge >= 0.3 is 0 Å². The summed E-state index contributed by atoms with van der Waals surface area (Å²) in [6.45, 7) is 2.74. The van der Waals surface area contributed by atoms with E-state index >= 15 is 0 Å². The van der Waals surface area contributed by atoms with E-state index in [2.05, 4.69) is 20.8 Å². The molecule has 0 aromatic carbocycles. The molecule has 12 heavy (non-hydrogen) atoms. The third kappa shape index (κ3) is 2.52. The number of nitrogens with zero attached hydrogens (tertiary/aromatic N) is 2. The van der Waals surface area contributed by atoms with Crippen molar-refractivity contribution in [3.8, 4) is 0 Å². The van der Waals surface area contributed by atoms with Crippen LogP contribution >= 0.6 is 11.6 Å². The maximum Gasteiger partial charge on any atom is 0.223 e. The zero-order chi connectivity index (χ0) is 8.97. The number of nitrogen functional groups attached to an aromatic ring is 1. The Labute approximate surface area is 75.3 Å². The molecule has 0 atom stereocenters. The molecule has 0 amide bonds. The van der Waals surface area contributed by atoms with Crippen molar-refractivity contribution in [3.05, 3.63) is 11.2 Å². The van der Waals surface area contributed by atoms with Crippen molar-refractivity contribution in [2.45, 2.75) is 6.92 Å². The van der Waals surface area contributed by atoms with Crippen LogP contribution in [0.4, 0.5) is 11.8 Å². The predicted octanol–water partition coefficient (Wildman–Crippen LogP) is 0.649. The minimum Gasteiger partial charge on any atom is -0.368 e. The lowest BCUT2D eigenvalue weighted by atomic mass is 10.6. The summed E-state index contributed by atoms with van der Waals surface area (Å²) in [4.78, 5) is 7.59. The average Bonchev–Trinajstić information content (AvgIpc) is 1.99. The molecule has 66 valence electrons. The molecule has 0 unspecified atom stereocenters. The number of halogens is 1. The standard InChI is InChI=1S/C6H10ClN5/c1-2-9-12-5-3-4(7)10-6(8)11-5/h3,9H,2H2,1H3,(H3,8,10,11,12). The van der Waals surface area contributed by atoms with Gasteiger partial charge < -0.3 is 11.2 Å². The molecule has 0 saturated carbocycles. The van der Waals surface area contributed by atoms with E-state index in [0.29, 0.717) is 11.0 Å². The summed E-state index contributed by atoms with van der Waals surface area (Å²) < 4.78 is 0. The van der Waals surface area contributed by atoms with Crippen molar-refractivity contribution in [2.75, 3.05) is 17.7 Å². The number of anilines is 2. The largest absolute Gasteiger partial charge is 0.368 e. The monoisotopic (exact) mass is 187 g/mol. The van der Waals surface area contributed by atoms with Crippen molar-refractivity contribution >= 4 is 23.4 Å². The summed E-state index contributed by atoms with van der Waals surface area (Å²) in [5.41, 5.74) is 11.0. The van der Waals surface area contributed by atoms with Crippen LogP contribution in [0.25, 0.3) is 0 Å². The summed E-state index contributed by atoms with van der Waals surface area (Å²) in [5, 5.41) is 0.322. The Kier molecular flexibility index (Phi) is 3.07. The Morgan fingerprint density at radius 1 is 1.58 bits per heavy atom. The number of nitrogens with one attached hydrogen (secondary N) is 2. The maximum absolute atomic E-state index is 5.63. The Bertz CT molecular complexity index is 244. The number of rotatable bonds is 3. The number of nitrogens with two attached hydrogens (primary N) is 1. The van der Waals surface area contributed by atoms with Crippen LogP contribution in [-0.4, -0.2) is 16.5 Å². The van der Waals surface area contributed by atoms with Gasteiger partial charge in [0.2, 0.25) is 5.95 Å². The lowest BCUT2D eigenvalue weighted by molar-refractivity contribution is 0.835. The second-order valence-corrected chi connectivity index (χ2v) is 2.48. The second kappa shape index (κ2) is 4.08. The molecule has 1 heterocycles. The molecule has 6 heteroatoms. The highest BCUT2D eigenvalue weighted by molar-refractivity contribution is 6.29. The van der Waals surface area contributed by atoms with Gasteiger partial charge in [0.1, 0.15) is 11.0 Å². The lowest BCUT2D eigenvalue weighted by Crippen LogP contribution is -2.21. The molecule has 0 fully saturated rings. The number of hydrogen-bond donors (Lipinski definition) is 3. The molecular weight excluding hydrogens is 178 g/mol. The topological polar surface area (TPSA) is 75.9 Å². The van der Waals surface area contributed by atoms with E-state index in [1.165, 1.54) is 0 Å². The van der Waals surface area contributed by atoms with Crippen molar-refractivity contribution in [1.29, 1.82) is 0 Å².